The number of carbonyl (C=O) groups excluding carboxylic acids is 1. The molecule has 1 unspecified atom stereocenters. The van der Waals surface area contributed by atoms with E-state index in [1.165, 1.54) is 0 Å². The highest BCUT2D eigenvalue weighted by Gasteiger charge is 2.26. The van der Waals surface area contributed by atoms with Crippen molar-refractivity contribution >= 4 is 22.8 Å². The summed E-state index contributed by atoms with van der Waals surface area (Å²) in [6.07, 6.45) is 2.72. The van der Waals surface area contributed by atoms with Crippen molar-refractivity contribution in [3.05, 3.63) is 39.7 Å². The molecule has 1 heterocycles. The van der Waals surface area contributed by atoms with Gasteiger partial charge in [-0.05, 0) is 56.2 Å². The Balaban J connectivity index is 1.80. The lowest BCUT2D eigenvalue weighted by Gasteiger charge is -2.21. The molecule has 3 rings (SSSR count). The van der Waals surface area contributed by atoms with Gasteiger partial charge in [0.1, 0.15) is 17.4 Å². The predicted octanol–water partition coefficient (Wildman–Crippen LogP) is 2.66. The molecule has 7 nitrogen and oxygen atoms in total. The highest BCUT2D eigenvalue weighted by Crippen LogP contribution is 2.29. The van der Waals surface area contributed by atoms with Gasteiger partial charge in [-0.1, -0.05) is 13.8 Å². The molecule has 28 heavy (non-hydrogen) atoms. The summed E-state index contributed by atoms with van der Waals surface area (Å²) in [4.78, 5) is 35.8. The van der Waals surface area contributed by atoms with Crippen LogP contribution in [0.5, 0.6) is 5.75 Å². The largest absolute Gasteiger partial charge is 0.481 e. The van der Waals surface area contributed by atoms with Gasteiger partial charge in [-0.3, -0.25) is 4.79 Å². The van der Waals surface area contributed by atoms with E-state index in [9.17, 15) is 19.5 Å². The van der Waals surface area contributed by atoms with Crippen molar-refractivity contribution < 1.29 is 23.8 Å². The zero-order valence-electron chi connectivity index (χ0n) is 16.3. The Labute approximate surface area is 162 Å². The molecule has 2 atom stereocenters. The molecule has 2 N–H and O–H groups in total. The average Bonchev–Trinajstić information content (AvgIpc) is 2.65. The minimum atomic E-state index is -1.09. The van der Waals surface area contributed by atoms with Crippen molar-refractivity contribution in [1.29, 1.82) is 0 Å². The van der Waals surface area contributed by atoms with E-state index in [0.29, 0.717) is 11.3 Å². The number of hydrogen-bond donors (Lipinski definition) is 2. The lowest BCUT2D eigenvalue weighted by molar-refractivity contribution is -0.144. The zero-order valence-corrected chi connectivity index (χ0v) is 16.3. The quantitative estimate of drug-likeness (QED) is 0.738. The van der Waals surface area contributed by atoms with Crippen LogP contribution in [0.4, 0.5) is 0 Å². The van der Waals surface area contributed by atoms with Gasteiger partial charge in [0, 0.05) is 17.0 Å². The first-order valence-corrected chi connectivity index (χ1v) is 9.56. The highest BCUT2D eigenvalue weighted by molar-refractivity contribution is 5.87. The first-order valence-electron chi connectivity index (χ1n) is 9.56. The maximum Gasteiger partial charge on any atom is 0.339 e. The second-order valence-corrected chi connectivity index (χ2v) is 7.54. The van der Waals surface area contributed by atoms with Crippen molar-refractivity contribution in [2.45, 2.75) is 58.6 Å². The number of carboxylic acids is 1. The molecule has 1 aliphatic carbocycles. The van der Waals surface area contributed by atoms with Gasteiger partial charge in [0.15, 0.2) is 6.10 Å². The van der Waals surface area contributed by atoms with Crippen LogP contribution >= 0.6 is 0 Å². The molecule has 0 bridgehead atoms. The number of amides is 1. The summed E-state index contributed by atoms with van der Waals surface area (Å²) < 4.78 is 11.1. The van der Waals surface area contributed by atoms with Gasteiger partial charge in [-0.2, -0.15) is 0 Å². The smallest absolute Gasteiger partial charge is 0.339 e. The van der Waals surface area contributed by atoms with Crippen molar-refractivity contribution in [3.8, 4) is 5.75 Å². The molecule has 1 aromatic heterocycles. The van der Waals surface area contributed by atoms with E-state index in [1.807, 2.05) is 6.07 Å². The van der Waals surface area contributed by atoms with Crippen LogP contribution in [0, 0.1) is 5.92 Å². The number of aryl methyl sites for hydroxylation is 1. The Hall–Kier alpha value is -2.83. The first-order chi connectivity index (χ1) is 13.3. The van der Waals surface area contributed by atoms with Crippen LogP contribution < -0.4 is 15.7 Å². The van der Waals surface area contributed by atoms with Gasteiger partial charge in [-0.15, -0.1) is 0 Å². The lowest BCUT2D eigenvalue weighted by Crippen LogP contribution is -2.48. The Kier molecular flexibility index (Phi) is 5.72. The van der Waals surface area contributed by atoms with E-state index in [4.69, 9.17) is 9.15 Å². The highest BCUT2D eigenvalue weighted by atomic mass is 16.5. The monoisotopic (exact) mass is 387 g/mol. The van der Waals surface area contributed by atoms with Crippen LogP contribution in [0.25, 0.3) is 11.0 Å². The Morgan fingerprint density at radius 3 is 2.46 bits per heavy atom. The molecule has 150 valence electrons. The van der Waals surface area contributed by atoms with E-state index in [-0.39, 0.29) is 11.5 Å². The summed E-state index contributed by atoms with van der Waals surface area (Å²) in [7, 11) is 0. The van der Waals surface area contributed by atoms with Crippen molar-refractivity contribution in [2.24, 2.45) is 5.92 Å². The topological polar surface area (TPSA) is 106 Å². The molecule has 0 saturated heterocycles. The molecule has 0 radical (unpaired) electrons. The third-order valence-electron chi connectivity index (χ3n) is 5.11. The molecule has 0 aliphatic heterocycles. The van der Waals surface area contributed by atoms with Gasteiger partial charge in [-0.25, -0.2) is 9.59 Å². The summed E-state index contributed by atoms with van der Waals surface area (Å²) in [5.74, 6) is -1.49. The van der Waals surface area contributed by atoms with E-state index in [0.717, 1.165) is 42.2 Å². The third kappa shape index (κ3) is 4.03. The fraction of sp³-hybridized carbons (Fsp3) is 0.476. The standard InChI is InChI=1S/C21H25NO6/c1-11(2)18(20(24)25)22-19(23)12(3)27-13-8-9-15-14-6-4-5-7-16(14)21(26)28-17(15)10-13/h8-12,18H,4-7H2,1-3H3,(H,22,23)(H,24,25)/t12?,18-/m0/s1. The van der Waals surface area contributed by atoms with Crippen LogP contribution in [-0.4, -0.2) is 29.1 Å². The Morgan fingerprint density at radius 1 is 1.14 bits per heavy atom. The maximum absolute atomic E-state index is 12.3. The normalized spacial score (nSPS) is 15.7. The molecular weight excluding hydrogens is 362 g/mol. The van der Waals surface area contributed by atoms with Crippen LogP contribution in [0.1, 0.15) is 44.7 Å². The number of rotatable bonds is 6. The second-order valence-electron chi connectivity index (χ2n) is 7.54. The van der Waals surface area contributed by atoms with Gasteiger partial charge in [0.25, 0.3) is 5.91 Å². The predicted molar refractivity (Wildman–Crippen MR) is 104 cm³/mol. The fourth-order valence-electron chi connectivity index (χ4n) is 3.54. The van der Waals surface area contributed by atoms with Crippen LogP contribution in [0.2, 0.25) is 0 Å². The molecule has 0 spiro atoms. The summed E-state index contributed by atoms with van der Waals surface area (Å²) in [5, 5.41) is 12.6. The SMILES string of the molecule is CC(Oc1ccc2c3c(c(=O)oc2c1)CCCC3)C(=O)N[C@H](C(=O)O)C(C)C. The number of aliphatic carboxylic acids is 1. The minimum Gasteiger partial charge on any atom is -0.481 e. The molecule has 7 heteroatoms. The maximum atomic E-state index is 12.3. The van der Waals surface area contributed by atoms with Gasteiger partial charge >= 0.3 is 11.6 Å². The Morgan fingerprint density at radius 2 is 1.82 bits per heavy atom. The number of fused-ring (bicyclic) bond motifs is 3. The lowest BCUT2D eigenvalue weighted by atomic mass is 9.91. The summed E-state index contributed by atoms with van der Waals surface area (Å²) in [6.45, 7) is 4.98. The fourth-order valence-corrected chi connectivity index (χ4v) is 3.54. The van der Waals surface area contributed by atoms with Crippen molar-refractivity contribution in [3.63, 3.8) is 0 Å². The number of carboxylic acid groups (broad SMARTS) is 1. The van der Waals surface area contributed by atoms with Crippen molar-refractivity contribution in [2.75, 3.05) is 0 Å². The summed E-state index contributed by atoms with van der Waals surface area (Å²) >= 11 is 0. The van der Waals surface area contributed by atoms with Crippen LogP contribution in [0.3, 0.4) is 0 Å². The summed E-state index contributed by atoms with van der Waals surface area (Å²) in [5.41, 5.74) is 1.91. The number of ether oxygens (including phenoxy) is 1. The first kappa shape index (κ1) is 19.9. The number of carbonyl (C=O) groups is 2. The van der Waals surface area contributed by atoms with Gasteiger partial charge in [0.05, 0.1) is 0 Å². The number of nitrogens with one attached hydrogen (secondary N) is 1. The zero-order chi connectivity index (χ0) is 20.4. The van der Waals surface area contributed by atoms with E-state index < -0.39 is 24.0 Å². The van der Waals surface area contributed by atoms with E-state index in [2.05, 4.69) is 5.32 Å². The molecule has 1 aliphatic rings. The van der Waals surface area contributed by atoms with Crippen molar-refractivity contribution in [1.82, 2.24) is 5.32 Å². The van der Waals surface area contributed by atoms with Crippen LogP contribution in [-0.2, 0) is 22.4 Å². The van der Waals surface area contributed by atoms with E-state index in [1.54, 1.807) is 32.9 Å². The van der Waals surface area contributed by atoms with E-state index >= 15 is 0 Å². The van der Waals surface area contributed by atoms with Gasteiger partial charge in [0.2, 0.25) is 0 Å². The third-order valence-corrected chi connectivity index (χ3v) is 5.11. The van der Waals surface area contributed by atoms with Crippen LogP contribution in [0.15, 0.2) is 27.4 Å². The average molecular weight is 387 g/mol. The molecule has 0 saturated carbocycles. The summed E-state index contributed by atoms with van der Waals surface area (Å²) in [6, 6.07) is 4.20. The molecule has 2 aromatic rings. The Bertz CT molecular complexity index is 961. The van der Waals surface area contributed by atoms with Gasteiger partial charge < -0.3 is 19.6 Å². The number of hydrogen-bond acceptors (Lipinski definition) is 5. The number of benzene rings is 1. The second kappa shape index (κ2) is 8.04. The molecule has 0 fully saturated rings. The minimum absolute atomic E-state index is 0.255. The molecule has 1 aromatic carbocycles. The molecule has 1 amide bonds. The molecular formula is C21H25NO6.